The summed E-state index contributed by atoms with van der Waals surface area (Å²) in [6, 6.07) is 10.0. The van der Waals surface area contributed by atoms with Gasteiger partial charge in [-0.25, -0.2) is 4.39 Å². The second-order valence-corrected chi connectivity index (χ2v) is 7.33. The zero-order valence-corrected chi connectivity index (χ0v) is 18.1. The highest BCUT2D eigenvalue weighted by atomic mass is 35.5. The Morgan fingerprint density at radius 3 is 2.19 bits per heavy atom. The van der Waals surface area contributed by atoms with E-state index in [-0.39, 0.29) is 43.7 Å². The van der Waals surface area contributed by atoms with E-state index in [0.29, 0.717) is 34.2 Å². The average Bonchev–Trinajstić information content (AvgIpc) is 2.74. The topological polar surface area (TPSA) is 96.5 Å². The zero-order chi connectivity index (χ0) is 22.6. The Hall–Kier alpha value is -2.84. The van der Waals surface area contributed by atoms with Gasteiger partial charge in [-0.05, 0) is 55.3 Å². The predicted molar refractivity (Wildman–Crippen MR) is 115 cm³/mol. The van der Waals surface area contributed by atoms with Gasteiger partial charge in [0.05, 0.1) is 11.6 Å². The van der Waals surface area contributed by atoms with Crippen LogP contribution in [-0.4, -0.2) is 30.9 Å². The highest BCUT2D eigenvalue weighted by molar-refractivity contribution is 6.35. The number of benzene rings is 2. The first kappa shape index (κ1) is 24.4. The van der Waals surface area contributed by atoms with Crippen LogP contribution >= 0.6 is 23.2 Å². The van der Waals surface area contributed by atoms with Crippen molar-refractivity contribution in [2.45, 2.75) is 25.7 Å². The van der Waals surface area contributed by atoms with Crippen LogP contribution in [0.25, 0.3) is 0 Å². The quantitative estimate of drug-likeness (QED) is 0.365. The maximum absolute atomic E-state index is 12.8. The first-order valence-corrected chi connectivity index (χ1v) is 10.3. The maximum atomic E-state index is 12.8. The van der Waals surface area contributed by atoms with Gasteiger partial charge in [0.2, 0.25) is 11.8 Å². The number of hydrogen-bond donors (Lipinski definition) is 3. The van der Waals surface area contributed by atoms with Crippen molar-refractivity contribution in [1.29, 1.82) is 0 Å². The Balaban J connectivity index is 1.52. The number of rotatable bonds is 10. The summed E-state index contributed by atoms with van der Waals surface area (Å²) in [5.41, 5.74) is 4.97. The molecule has 2 rings (SSSR count). The summed E-state index contributed by atoms with van der Waals surface area (Å²) in [6.45, 7) is 0.540. The van der Waals surface area contributed by atoms with E-state index in [0.717, 1.165) is 0 Å². The average molecular weight is 470 g/mol. The van der Waals surface area contributed by atoms with E-state index >= 15 is 0 Å². The Kier molecular flexibility index (Phi) is 10.1. The lowest BCUT2D eigenvalue weighted by molar-refractivity contribution is -0.129. The SMILES string of the molecule is O=C(CCCNC(=O)c1ccc(F)cc1)NNC(=O)CCCOc1ccc(Cl)cc1Cl. The number of hydrazine groups is 1. The third kappa shape index (κ3) is 9.23. The summed E-state index contributed by atoms with van der Waals surface area (Å²) in [7, 11) is 0. The van der Waals surface area contributed by atoms with E-state index in [4.69, 9.17) is 27.9 Å². The standard InChI is InChI=1S/C21H22Cl2FN3O4/c22-15-7-10-18(17(23)13-15)31-12-2-4-20(29)27-26-19(28)3-1-11-25-21(30)14-5-8-16(24)9-6-14/h5-10,13H,1-4,11-12H2,(H,25,30)(H,26,28)(H,27,29). The lowest BCUT2D eigenvalue weighted by Crippen LogP contribution is -2.41. The van der Waals surface area contributed by atoms with Gasteiger partial charge >= 0.3 is 0 Å². The van der Waals surface area contributed by atoms with Crippen molar-refractivity contribution >= 4 is 40.9 Å². The number of carbonyl (C=O) groups is 3. The van der Waals surface area contributed by atoms with Gasteiger partial charge in [0, 0.05) is 30.0 Å². The second-order valence-electron chi connectivity index (χ2n) is 6.49. The van der Waals surface area contributed by atoms with E-state index in [1.807, 2.05) is 0 Å². The molecule has 3 amide bonds. The molecular weight excluding hydrogens is 448 g/mol. The summed E-state index contributed by atoms with van der Waals surface area (Å²) in [4.78, 5) is 35.4. The molecule has 10 heteroatoms. The third-order valence-corrected chi connectivity index (χ3v) is 4.54. The predicted octanol–water partition coefficient (Wildman–Crippen LogP) is 3.65. The first-order chi connectivity index (χ1) is 14.8. The Morgan fingerprint density at radius 2 is 1.55 bits per heavy atom. The molecule has 0 saturated carbocycles. The smallest absolute Gasteiger partial charge is 0.251 e. The zero-order valence-electron chi connectivity index (χ0n) is 16.6. The molecule has 0 fully saturated rings. The summed E-state index contributed by atoms with van der Waals surface area (Å²) >= 11 is 11.8. The van der Waals surface area contributed by atoms with Crippen molar-refractivity contribution < 1.29 is 23.5 Å². The molecule has 0 bridgehead atoms. The maximum Gasteiger partial charge on any atom is 0.251 e. The molecular formula is C21H22Cl2FN3O4. The molecule has 7 nitrogen and oxygen atoms in total. The fourth-order valence-corrected chi connectivity index (χ4v) is 2.89. The largest absolute Gasteiger partial charge is 0.492 e. The number of amides is 3. The van der Waals surface area contributed by atoms with Crippen LogP contribution < -0.4 is 20.9 Å². The second kappa shape index (κ2) is 12.8. The van der Waals surface area contributed by atoms with Crippen molar-refractivity contribution in [3.63, 3.8) is 0 Å². The fourth-order valence-electron chi connectivity index (χ4n) is 2.43. The summed E-state index contributed by atoms with van der Waals surface area (Å²) in [5.74, 6) is -1.03. The fraction of sp³-hybridized carbons (Fsp3) is 0.286. The minimum Gasteiger partial charge on any atom is -0.492 e. The lowest BCUT2D eigenvalue weighted by Gasteiger charge is -2.09. The van der Waals surface area contributed by atoms with Crippen LogP contribution in [0.2, 0.25) is 10.0 Å². The highest BCUT2D eigenvalue weighted by Gasteiger charge is 2.08. The third-order valence-electron chi connectivity index (χ3n) is 4.01. The molecule has 2 aromatic rings. The van der Waals surface area contributed by atoms with E-state index in [2.05, 4.69) is 16.2 Å². The number of nitrogens with one attached hydrogen (secondary N) is 3. The van der Waals surface area contributed by atoms with Crippen LogP contribution in [-0.2, 0) is 9.59 Å². The van der Waals surface area contributed by atoms with Crippen LogP contribution in [0.3, 0.4) is 0 Å². The van der Waals surface area contributed by atoms with Gasteiger partial charge in [-0.15, -0.1) is 0 Å². The molecule has 0 atom stereocenters. The van der Waals surface area contributed by atoms with Gasteiger partial charge in [-0.3, -0.25) is 25.2 Å². The van der Waals surface area contributed by atoms with Crippen molar-refractivity contribution in [2.24, 2.45) is 0 Å². The monoisotopic (exact) mass is 469 g/mol. The molecule has 0 aliphatic rings. The number of halogens is 3. The molecule has 3 N–H and O–H groups in total. The molecule has 0 aromatic heterocycles. The molecule has 0 saturated heterocycles. The van der Waals surface area contributed by atoms with Gasteiger partial charge in [-0.2, -0.15) is 0 Å². The van der Waals surface area contributed by atoms with Crippen molar-refractivity contribution in [2.75, 3.05) is 13.2 Å². The van der Waals surface area contributed by atoms with Gasteiger partial charge < -0.3 is 10.1 Å². The molecule has 0 heterocycles. The molecule has 0 radical (unpaired) electrons. The molecule has 0 aliphatic heterocycles. The summed E-state index contributed by atoms with van der Waals surface area (Å²) in [6.07, 6.45) is 1.07. The van der Waals surface area contributed by atoms with Crippen LogP contribution in [0.1, 0.15) is 36.0 Å². The van der Waals surface area contributed by atoms with Crippen LogP contribution in [0.15, 0.2) is 42.5 Å². The summed E-state index contributed by atoms with van der Waals surface area (Å²) < 4.78 is 18.3. The summed E-state index contributed by atoms with van der Waals surface area (Å²) in [5, 5.41) is 3.52. The molecule has 31 heavy (non-hydrogen) atoms. The number of ether oxygens (including phenoxy) is 1. The van der Waals surface area contributed by atoms with E-state index < -0.39 is 5.82 Å². The van der Waals surface area contributed by atoms with Crippen molar-refractivity contribution in [3.8, 4) is 5.75 Å². The van der Waals surface area contributed by atoms with Gasteiger partial charge in [-0.1, -0.05) is 23.2 Å². The Labute approximate surface area is 189 Å². The normalized spacial score (nSPS) is 10.3. The highest BCUT2D eigenvalue weighted by Crippen LogP contribution is 2.27. The number of hydrogen-bond acceptors (Lipinski definition) is 4. The van der Waals surface area contributed by atoms with Crippen LogP contribution in [0.5, 0.6) is 5.75 Å². The van der Waals surface area contributed by atoms with Gasteiger partial charge in [0.25, 0.3) is 5.91 Å². The molecule has 0 spiro atoms. The minimum atomic E-state index is -0.422. The molecule has 0 unspecified atom stereocenters. The van der Waals surface area contributed by atoms with Gasteiger partial charge in [0.15, 0.2) is 0 Å². The van der Waals surface area contributed by atoms with Crippen molar-refractivity contribution in [1.82, 2.24) is 16.2 Å². The molecule has 166 valence electrons. The van der Waals surface area contributed by atoms with Gasteiger partial charge in [0.1, 0.15) is 11.6 Å². The Morgan fingerprint density at radius 1 is 0.903 bits per heavy atom. The van der Waals surface area contributed by atoms with Crippen LogP contribution in [0, 0.1) is 5.82 Å². The van der Waals surface area contributed by atoms with Crippen molar-refractivity contribution in [3.05, 3.63) is 63.9 Å². The minimum absolute atomic E-state index is 0.113. The van der Waals surface area contributed by atoms with E-state index in [1.165, 1.54) is 24.3 Å². The van der Waals surface area contributed by atoms with E-state index in [1.54, 1.807) is 18.2 Å². The lowest BCUT2D eigenvalue weighted by atomic mass is 10.2. The first-order valence-electron chi connectivity index (χ1n) is 9.54. The molecule has 2 aromatic carbocycles. The van der Waals surface area contributed by atoms with Crippen LogP contribution in [0.4, 0.5) is 4.39 Å². The Bertz CT molecular complexity index is 910. The molecule has 0 aliphatic carbocycles. The number of carbonyl (C=O) groups excluding carboxylic acids is 3. The van der Waals surface area contributed by atoms with E-state index in [9.17, 15) is 18.8 Å².